The van der Waals surface area contributed by atoms with Crippen LogP contribution in [0.1, 0.15) is 0 Å². The maximum atomic E-state index is 5.17. The second-order valence-electron chi connectivity index (χ2n) is 3.14. The molecule has 1 N–H and O–H groups in total. The highest BCUT2D eigenvalue weighted by Gasteiger charge is 1.95. The van der Waals surface area contributed by atoms with Gasteiger partial charge in [-0.1, -0.05) is 24.3 Å². The first-order valence-corrected chi connectivity index (χ1v) is 5.46. The van der Waals surface area contributed by atoms with Crippen molar-refractivity contribution in [1.29, 1.82) is 0 Å². The SMILES string of the molecule is SC(=Nc1ccccc1)NOc1ccccn1. The number of amidine groups is 1. The molecule has 1 aromatic carbocycles. The molecule has 0 spiro atoms. The zero-order valence-electron chi connectivity index (χ0n) is 8.95. The van der Waals surface area contributed by atoms with Crippen LogP contribution in [0, 0.1) is 0 Å². The predicted molar refractivity (Wildman–Crippen MR) is 70.5 cm³/mol. The van der Waals surface area contributed by atoms with Crippen molar-refractivity contribution in [2.45, 2.75) is 0 Å². The van der Waals surface area contributed by atoms with Gasteiger partial charge in [-0.2, -0.15) is 5.48 Å². The van der Waals surface area contributed by atoms with Crippen LogP contribution in [0.2, 0.25) is 0 Å². The first-order chi connectivity index (χ1) is 8.34. The molecule has 0 bridgehead atoms. The van der Waals surface area contributed by atoms with Crippen LogP contribution in [0.25, 0.3) is 0 Å². The molecule has 2 rings (SSSR count). The van der Waals surface area contributed by atoms with E-state index < -0.39 is 0 Å². The van der Waals surface area contributed by atoms with E-state index in [-0.39, 0.29) is 0 Å². The number of nitrogens with one attached hydrogen (secondary N) is 1. The summed E-state index contributed by atoms with van der Waals surface area (Å²) in [5, 5.41) is 0.363. The van der Waals surface area contributed by atoms with E-state index in [1.807, 2.05) is 42.5 Å². The van der Waals surface area contributed by atoms with E-state index in [4.69, 9.17) is 4.84 Å². The molecule has 4 nitrogen and oxygen atoms in total. The monoisotopic (exact) mass is 245 g/mol. The highest BCUT2D eigenvalue weighted by atomic mass is 32.1. The Balaban J connectivity index is 1.94. The number of aliphatic imine (C=N–C) groups is 1. The normalized spacial score (nSPS) is 11.0. The highest BCUT2D eigenvalue weighted by Crippen LogP contribution is 2.10. The number of para-hydroxylation sites is 1. The molecule has 5 heteroatoms. The van der Waals surface area contributed by atoms with Crippen molar-refractivity contribution < 1.29 is 4.84 Å². The Morgan fingerprint density at radius 3 is 2.59 bits per heavy atom. The van der Waals surface area contributed by atoms with E-state index in [0.717, 1.165) is 5.69 Å². The van der Waals surface area contributed by atoms with Gasteiger partial charge in [0.2, 0.25) is 5.88 Å². The van der Waals surface area contributed by atoms with Gasteiger partial charge < -0.3 is 4.84 Å². The lowest BCUT2D eigenvalue weighted by Gasteiger charge is -2.05. The Labute approximate surface area is 105 Å². The van der Waals surface area contributed by atoms with E-state index in [2.05, 4.69) is 28.1 Å². The van der Waals surface area contributed by atoms with Crippen molar-refractivity contribution in [1.82, 2.24) is 10.5 Å². The molecule has 0 fully saturated rings. The van der Waals surface area contributed by atoms with Crippen LogP contribution < -0.4 is 10.3 Å². The summed E-state index contributed by atoms with van der Waals surface area (Å²) < 4.78 is 0. The molecule has 17 heavy (non-hydrogen) atoms. The van der Waals surface area contributed by atoms with Gasteiger partial charge in [0, 0.05) is 12.3 Å². The van der Waals surface area contributed by atoms with Gasteiger partial charge in [0.15, 0.2) is 5.17 Å². The minimum absolute atomic E-state index is 0.363. The van der Waals surface area contributed by atoms with Gasteiger partial charge in [-0.15, -0.1) is 12.6 Å². The molecule has 0 amide bonds. The Kier molecular flexibility index (Phi) is 3.99. The Morgan fingerprint density at radius 1 is 1.12 bits per heavy atom. The van der Waals surface area contributed by atoms with Gasteiger partial charge in [0.25, 0.3) is 0 Å². The minimum atomic E-state index is 0.363. The number of hydrogen-bond acceptors (Lipinski definition) is 3. The summed E-state index contributed by atoms with van der Waals surface area (Å²) in [6.45, 7) is 0. The number of rotatable bonds is 3. The summed E-state index contributed by atoms with van der Waals surface area (Å²) in [7, 11) is 0. The fourth-order valence-corrected chi connectivity index (χ4v) is 1.31. The Bertz CT molecular complexity index is 488. The van der Waals surface area contributed by atoms with Crippen LogP contribution in [0.15, 0.2) is 59.7 Å². The zero-order chi connectivity index (χ0) is 11.9. The van der Waals surface area contributed by atoms with Crippen LogP contribution in [-0.4, -0.2) is 10.2 Å². The molecule has 0 atom stereocenters. The first kappa shape index (κ1) is 11.5. The molecule has 0 unspecified atom stereocenters. The van der Waals surface area contributed by atoms with Gasteiger partial charge in [-0.05, 0) is 18.2 Å². The second kappa shape index (κ2) is 5.91. The van der Waals surface area contributed by atoms with Gasteiger partial charge in [0.05, 0.1) is 5.69 Å². The zero-order valence-corrected chi connectivity index (χ0v) is 9.84. The third-order valence-electron chi connectivity index (χ3n) is 1.88. The van der Waals surface area contributed by atoms with Crippen molar-refractivity contribution in [3.8, 4) is 5.88 Å². The van der Waals surface area contributed by atoms with Crippen LogP contribution in [0.3, 0.4) is 0 Å². The molecule has 0 aliphatic heterocycles. The first-order valence-electron chi connectivity index (χ1n) is 5.01. The molecule has 86 valence electrons. The molecule has 2 aromatic rings. The van der Waals surface area contributed by atoms with Crippen LogP contribution in [-0.2, 0) is 0 Å². The molecule has 0 aliphatic rings. The molecule has 0 saturated heterocycles. The largest absolute Gasteiger partial charge is 0.360 e. The molecular weight excluding hydrogens is 234 g/mol. The third-order valence-corrected chi connectivity index (χ3v) is 2.07. The van der Waals surface area contributed by atoms with Gasteiger partial charge in [-0.25, -0.2) is 9.98 Å². The summed E-state index contributed by atoms with van der Waals surface area (Å²) in [6.07, 6.45) is 1.64. The summed E-state index contributed by atoms with van der Waals surface area (Å²) in [6, 6.07) is 14.9. The maximum absolute atomic E-state index is 5.17. The molecule has 1 heterocycles. The van der Waals surface area contributed by atoms with Gasteiger partial charge >= 0.3 is 0 Å². The van der Waals surface area contributed by atoms with Crippen molar-refractivity contribution >= 4 is 23.5 Å². The topological polar surface area (TPSA) is 46.5 Å². The summed E-state index contributed by atoms with van der Waals surface area (Å²) in [4.78, 5) is 13.3. The number of hydroxylamine groups is 1. The number of nitrogens with zero attached hydrogens (tertiary/aromatic N) is 2. The highest BCUT2D eigenvalue weighted by molar-refractivity contribution is 7.96. The fraction of sp³-hybridized carbons (Fsp3) is 0. The Morgan fingerprint density at radius 2 is 1.88 bits per heavy atom. The maximum Gasteiger partial charge on any atom is 0.245 e. The number of thiol groups is 1. The number of aromatic nitrogens is 1. The van der Waals surface area contributed by atoms with Gasteiger partial charge in [0.1, 0.15) is 0 Å². The minimum Gasteiger partial charge on any atom is -0.360 e. The lowest BCUT2D eigenvalue weighted by atomic mass is 10.3. The molecule has 0 radical (unpaired) electrons. The quantitative estimate of drug-likeness (QED) is 0.378. The summed E-state index contributed by atoms with van der Waals surface area (Å²) in [5.41, 5.74) is 3.40. The van der Waals surface area contributed by atoms with Crippen molar-refractivity contribution in [3.05, 3.63) is 54.7 Å². The Hall–Kier alpha value is -2.01. The van der Waals surface area contributed by atoms with Crippen LogP contribution in [0.4, 0.5) is 5.69 Å². The second-order valence-corrected chi connectivity index (χ2v) is 3.57. The van der Waals surface area contributed by atoms with Crippen molar-refractivity contribution in [2.75, 3.05) is 0 Å². The molecule has 1 aromatic heterocycles. The van der Waals surface area contributed by atoms with E-state index in [0.29, 0.717) is 11.0 Å². The van der Waals surface area contributed by atoms with Crippen LogP contribution in [0.5, 0.6) is 5.88 Å². The number of benzene rings is 1. The fourth-order valence-electron chi connectivity index (χ4n) is 1.15. The number of pyridine rings is 1. The smallest absolute Gasteiger partial charge is 0.245 e. The molecular formula is C12H11N3OS. The van der Waals surface area contributed by atoms with E-state index in [1.165, 1.54) is 0 Å². The lowest BCUT2D eigenvalue weighted by molar-refractivity contribution is 0.254. The molecule has 0 aliphatic carbocycles. The summed E-state index contributed by atoms with van der Waals surface area (Å²) >= 11 is 4.16. The van der Waals surface area contributed by atoms with Crippen molar-refractivity contribution in [2.24, 2.45) is 4.99 Å². The van der Waals surface area contributed by atoms with Crippen molar-refractivity contribution in [3.63, 3.8) is 0 Å². The average molecular weight is 245 g/mol. The number of hydrogen-bond donors (Lipinski definition) is 2. The third kappa shape index (κ3) is 3.81. The van der Waals surface area contributed by atoms with Gasteiger partial charge in [-0.3, -0.25) is 0 Å². The van der Waals surface area contributed by atoms with Crippen LogP contribution >= 0.6 is 12.6 Å². The molecule has 0 saturated carbocycles. The average Bonchev–Trinajstić information content (AvgIpc) is 2.39. The van der Waals surface area contributed by atoms with E-state index in [1.54, 1.807) is 12.3 Å². The van der Waals surface area contributed by atoms with E-state index >= 15 is 0 Å². The predicted octanol–water partition coefficient (Wildman–Crippen LogP) is 2.58. The van der Waals surface area contributed by atoms with E-state index in [9.17, 15) is 0 Å². The lowest BCUT2D eigenvalue weighted by Crippen LogP contribution is -2.22. The summed E-state index contributed by atoms with van der Waals surface area (Å²) in [5.74, 6) is 0.460. The standard InChI is InChI=1S/C12H11N3OS/c17-12(14-10-6-2-1-3-7-10)15-16-11-8-4-5-9-13-11/h1-9H,(H2,14,15,17).